The quantitative estimate of drug-likeness (QED) is 0.817. The Labute approximate surface area is 137 Å². The molecule has 0 aromatic heterocycles. The Bertz CT molecular complexity index is 566. The Morgan fingerprint density at radius 3 is 2.87 bits per heavy atom. The molecule has 0 spiro atoms. The first-order chi connectivity index (χ1) is 10.8. The number of thioether (sulfide) groups is 1. The zero-order chi connectivity index (χ0) is 17.0. The number of rotatable bonds is 4. The summed E-state index contributed by atoms with van der Waals surface area (Å²) in [4.78, 5) is 14.2. The van der Waals surface area contributed by atoms with E-state index in [0.717, 1.165) is 18.4 Å². The molecule has 1 aromatic carbocycles. The standard InChI is InChI=1S/C15H19F3N2O2S/c1-10-4-5-13(23-9-15(16,17)18)12(7-10)19-14(22)20-6-2-3-11(20)8-21/h4-5,7,11,21H,2-3,6,8-9H2,1H3,(H,19,22)/t11-/m0/s1. The highest BCUT2D eigenvalue weighted by Gasteiger charge is 2.30. The molecule has 0 radical (unpaired) electrons. The Kier molecular flexibility index (Phi) is 5.80. The second-order valence-electron chi connectivity index (χ2n) is 5.51. The zero-order valence-corrected chi connectivity index (χ0v) is 13.5. The van der Waals surface area contributed by atoms with Crippen molar-refractivity contribution in [2.45, 2.75) is 36.9 Å². The molecule has 1 saturated heterocycles. The van der Waals surface area contributed by atoms with Crippen molar-refractivity contribution in [1.82, 2.24) is 4.90 Å². The summed E-state index contributed by atoms with van der Waals surface area (Å²) < 4.78 is 37.2. The van der Waals surface area contributed by atoms with E-state index in [9.17, 15) is 23.1 Å². The largest absolute Gasteiger partial charge is 0.398 e. The van der Waals surface area contributed by atoms with Crippen molar-refractivity contribution in [2.75, 3.05) is 24.2 Å². The molecular weight excluding hydrogens is 329 g/mol. The molecule has 2 amide bonds. The Morgan fingerprint density at radius 1 is 1.48 bits per heavy atom. The van der Waals surface area contributed by atoms with Gasteiger partial charge in [0.1, 0.15) is 0 Å². The fraction of sp³-hybridized carbons (Fsp3) is 0.533. The molecule has 1 aromatic rings. The first kappa shape index (κ1) is 17.9. The summed E-state index contributed by atoms with van der Waals surface area (Å²) in [6, 6.07) is 4.32. The molecule has 2 N–H and O–H groups in total. The smallest absolute Gasteiger partial charge is 0.394 e. The van der Waals surface area contributed by atoms with Crippen LogP contribution in [0.5, 0.6) is 0 Å². The van der Waals surface area contributed by atoms with Gasteiger partial charge in [0.15, 0.2) is 0 Å². The summed E-state index contributed by atoms with van der Waals surface area (Å²) in [5, 5.41) is 12.0. The van der Waals surface area contributed by atoms with Gasteiger partial charge >= 0.3 is 12.2 Å². The van der Waals surface area contributed by atoms with Crippen molar-refractivity contribution in [3.8, 4) is 0 Å². The predicted molar refractivity (Wildman–Crippen MR) is 83.8 cm³/mol. The van der Waals surface area contributed by atoms with Gasteiger partial charge in [-0.2, -0.15) is 13.2 Å². The minimum absolute atomic E-state index is 0.114. The average Bonchev–Trinajstić information content (AvgIpc) is 2.94. The maximum atomic E-state index is 12.4. The highest BCUT2D eigenvalue weighted by Crippen LogP contribution is 2.33. The number of urea groups is 1. The van der Waals surface area contributed by atoms with Gasteiger partial charge in [0, 0.05) is 11.4 Å². The van der Waals surface area contributed by atoms with E-state index < -0.39 is 11.9 Å². The SMILES string of the molecule is Cc1ccc(SCC(F)(F)F)c(NC(=O)N2CCC[C@H]2CO)c1. The predicted octanol–water partition coefficient (Wildman–Crippen LogP) is 3.64. The number of benzene rings is 1. The number of likely N-dealkylation sites (tertiary alicyclic amines) is 1. The number of hydrogen-bond acceptors (Lipinski definition) is 3. The van der Waals surface area contributed by atoms with Gasteiger partial charge in [-0.05, 0) is 37.5 Å². The number of anilines is 1. The Balaban J connectivity index is 2.11. The lowest BCUT2D eigenvalue weighted by Gasteiger charge is -2.24. The lowest BCUT2D eigenvalue weighted by atomic mass is 10.2. The number of aliphatic hydroxyl groups excluding tert-OH is 1. The fourth-order valence-electron chi connectivity index (χ4n) is 2.51. The number of aryl methyl sites for hydroxylation is 1. The first-order valence-corrected chi connectivity index (χ1v) is 8.27. The number of aliphatic hydroxyl groups is 1. The second-order valence-corrected chi connectivity index (χ2v) is 6.52. The van der Waals surface area contributed by atoms with Crippen molar-refractivity contribution in [3.63, 3.8) is 0 Å². The van der Waals surface area contributed by atoms with Gasteiger partial charge in [-0.3, -0.25) is 0 Å². The van der Waals surface area contributed by atoms with Gasteiger partial charge in [0.2, 0.25) is 0 Å². The molecule has 2 rings (SSSR count). The van der Waals surface area contributed by atoms with Crippen molar-refractivity contribution >= 4 is 23.5 Å². The minimum Gasteiger partial charge on any atom is -0.394 e. The molecule has 128 valence electrons. The molecule has 0 unspecified atom stereocenters. The summed E-state index contributed by atoms with van der Waals surface area (Å²) in [5.41, 5.74) is 1.21. The molecule has 0 bridgehead atoms. The number of halogens is 3. The first-order valence-electron chi connectivity index (χ1n) is 7.29. The van der Waals surface area contributed by atoms with Crippen LogP contribution in [0.2, 0.25) is 0 Å². The van der Waals surface area contributed by atoms with Crippen LogP contribution in [0.25, 0.3) is 0 Å². The molecule has 0 aliphatic carbocycles. The lowest BCUT2D eigenvalue weighted by molar-refractivity contribution is -0.105. The third-order valence-electron chi connectivity index (χ3n) is 3.62. The minimum atomic E-state index is -4.27. The van der Waals surface area contributed by atoms with E-state index in [2.05, 4.69) is 5.32 Å². The monoisotopic (exact) mass is 348 g/mol. The van der Waals surface area contributed by atoms with E-state index in [1.807, 2.05) is 0 Å². The van der Waals surface area contributed by atoms with E-state index in [-0.39, 0.29) is 18.7 Å². The van der Waals surface area contributed by atoms with E-state index in [1.165, 1.54) is 4.90 Å². The molecule has 1 fully saturated rings. The molecule has 1 atom stereocenters. The van der Waals surface area contributed by atoms with Crippen LogP contribution < -0.4 is 5.32 Å². The normalized spacial score (nSPS) is 18.3. The summed E-state index contributed by atoms with van der Waals surface area (Å²) in [6.07, 6.45) is -2.73. The van der Waals surface area contributed by atoms with Crippen molar-refractivity contribution in [2.24, 2.45) is 0 Å². The molecule has 4 nitrogen and oxygen atoms in total. The molecule has 23 heavy (non-hydrogen) atoms. The molecular formula is C15H19F3N2O2S. The van der Waals surface area contributed by atoms with Crippen LogP contribution >= 0.6 is 11.8 Å². The molecule has 1 heterocycles. The van der Waals surface area contributed by atoms with Crippen LogP contribution in [0.4, 0.5) is 23.7 Å². The summed E-state index contributed by atoms with van der Waals surface area (Å²) in [5.74, 6) is -1.01. The third kappa shape index (κ3) is 5.04. The van der Waals surface area contributed by atoms with Crippen LogP contribution in [0.3, 0.4) is 0 Å². The summed E-state index contributed by atoms with van der Waals surface area (Å²) in [7, 11) is 0. The maximum absolute atomic E-state index is 12.4. The molecule has 8 heteroatoms. The molecule has 0 saturated carbocycles. The number of carbonyl (C=O) groups is 1. The van der Waals surface area contributed by atoms with Gasteiger partial charge in [-0.15, -0.1) is 11.8 Å². The van der Waals surface area contributed by atoms with Gasteiger partial charge in [-0.25, -0.2) is 4.79 Å². The van der Waals surface area contributed by atoms with Crippen LogP contribution in [0.1, 0.15) is 18.4 Å². The second kappa shape index (κ2) is 7.44. The molecule has 1 aliphatic rings. The Hall–Kier alpha value is -1.41. The van der Waals surface area contributed by atoms with Crippen molar-refractivity contribution < 1.29 is 23.1 Å². The van der Waals surface area contributed by atoms with Crippen LogP contribution in [0, 0.1) is 6.92 Å². The average molecular weight is 348 g/mol. The Morgan fingerprint density at radius 2 is 2.22 bits per heavy atom. The van der Waals surface area contributed by atoms with Gasteiger partial charge < -0.3 is 15.3 Å². The number of nitrogens with zero attached hydrogens (tertiary/aromatic N) is 1. The number of hydrogen-bond donors (Lipinski definition) is 2. The number of amides is 2. The van der Waals surface area contributed by atoms with Crippen LogP contribution in [-0.4, -0.2) is 47.2 Å². The highest BCUT2D eigenvalue weighted by atomic mass is 32.2. The van der Waals surface area contributed by atoms with E-state index in [4.69, 9.17) is 0 Å². The summed E-state index contributed by atoms with van der Waals surface area (Å²) >= 11 is 0.646. The number of nitrogens with one attached hydrogen (secondary N) is 1. The van der Waals surface area contributed by atoms with Crippen molar-refractivity contribution in [1.29, 1.82) is 0 Å². The van der Waals surface area contributed by atoms with E-state index in [1.54, 1.807) is 25.1 Å². The third-order valence-corrected chi connectivity index (χ3v) is 4.76. The van der Waals surface area contributed by atoms with Crippen LogP contribution in [0.15, 0.2) is 23.1 Å². The number of alkyl halides is 3. The van der Waals surface area contributed by atoms with Gasteiger partial charge in [0.25, 0.3) is 0 Å². The maximum Gasteiger partial charge on any atom is 0.398 e. The van der Waals surface area contributed by atoms with Crippen LogP contribution in [-0.2, 0) is 0 Å². The van der Waals surface area contributed by atoms with Gasteiger partial charge in [0.05, 0.1) is 24.1 Å². The van der Waals surface area contributed by atoms with Crippen molar-refractivity contribution in [3.05, 3.63) is 23.8 Å². The van der Waals surface area contributed by atoms with E-state index >= 15 is 0 Å². The van der Waals surface area contributed by atoms with Gasteiger partial charge in [-0.1, -0.05) is 6.07 Å². The van der Waals surface area contributed by atoms with E-state index in [0.29, 0.717) is 28.9 Å². The fourth-order valence-corrected chi connectivity index (χ4v) is 3.26. The lowest BCUT2D eigenvalue weighted by Crippen LogP contribution is -2.40. The zero-order valence-electron chi connectivity index (χ0n) is 12.7. The summed E-state index contributed by atoms with van der Waals surface area (Å²) in [6.45, 7) is 2.23. The highest BCUT2D eigenvalue weighted by molar-refractivity contribution is 7.99. The topological polar surface area (TPSA) is 52.6 Å². The molecule has 1 aliphatic heterocycles. The number of carbonyl (C=O) groups excluding carboxylic acids is 1.